The molecule has 0 amide bonds. The van der Waals surface area contributed by atoms with Crippen LogP contribution in [0.25, 0.3) is 11.2 Å². The van der Waals surface area contributed by atoms with Crippen LogP contribution in [0, 0.1) is 11.3 Å². The molecular weight excluding hydrogens is 455 g/mol. The van der Waals surface area contributed by atoms with E-state index in [0.717, 1.165) is 5.56 Å². The van der Waals surface area contributed by atoms with Crippen LogP contribution in [0.4, 0.5) is 5.82 Å². The molecule has 0 radical (unpaired) electrons. The number of anilines is 1. The molecule has 0 spiro atoms. The van der Waals surface area contributed by atoms with Crippen LogP contribution in [0.5, 0.6) is 0 Å². The first kappa shape index (κ1) is 23.2. The third-order valence-electron chi connectivity index (χ3n) is 4.98. The number of aliphatic hydroxyl groups is 2. The molecule has 5 N–H and O–H groups in total. The molecule has 0 aliphatic carbocycles. The molecule has 1 fully saturated rings. The van der Waals surface area contributed by atoms with Gasteiger partial charge in [-0.2, -0.15) is 15.2 Å². The van der Waals surface area contributed by atoms with Crippen molar-refractivity contribution in [2.24, 2.45) is 0 Å². The number of hydrogen-bond acceptors (Lipinski definition) is 10. The lowest BCUT2D eigenvalue weighted by molar-refractivity contribution is -0.0612. The van der Waals surface area contributed by atoms with Gasteiger partial charge in [0.25, 0.3) is 0 Å². The van der Waals surface area contributed by atoms with Crippen LogP contribution in [-0.2, 0) is 20.6 Å². The summed E-state index contributed by atoms with van der Waals surface area (Å²) in [5, 5.41) is 33.3. The maximum atomic E-state index is 10.9. The lowest BCUT2D eigenvalue weighted by Gasteiger charge is -2.17. The van der Waals surface area contributed by atoms with Crippen LogP contribution in [0.2, 0.25) is 0 Å². The molecular formula is C19H21N6O7P. The molecule has 14 heteroatoms. The van der Waals surface area contributed by atoms with Crippen LogP contribution < -0.4 is 5.32 Å². The predicted molar refractivity (Wildman–Crippen MR) is 113 cm³/mol. The van der Waals surface area contributed by atoms with Crippen molar-refractivity contribution in [1.29, 1.82) is 5.26 Å². The second-order valence-electron chi connectivity index (χ2n) is 7.38. The number of nitrogens with one attached hydrogen (secondary N) is 1. The summed E-state index contributed by atoms with van der Waals surface area (Å²) in [6, 6.07) is 11.4. The average molecular weight is 476 g/mol. The Bertz CT molecular complexity index is 1210. The van der Waals surface area contributed by atoms with Crippen molar-refractivity contribution < 1.29 is 34.0 Å². The first-order valence-corrected chi connectivity index (χ1v) is 11.6. The van der Waals surface area contributed by atoms with E-state index in [1.807, 2.05) is 36.4 Å². The summed E-state index contributed by atoms with van der Waals surface area (Å²) in [6.07, 6.45) is -4.49. The minimum Gasteiger partial charge on any atom is -0.387 e. The number of benzene rings is 1. The molecule has 3 aromatic rings. The highest BCUT2D eigenvalue weighted by molar-refractivity contribution is 7.51. The highest BCUT2D eigenvalue weighted by Gasteiger charge is 2.44. The van der Waals surface area contributed by atoms with E-state index in [0.29, 0.717) is 17.9 Å². The van der Waals surface area contributed by atoms with Gasteiger partial charge in [0.1, 0.15) is 30.7 Å². The van der Waals surface area contributed by atoms with Crippen molar-refractivity contribution in [3.05, 3.63) is 48.0 Å². The van der Waals surface area contributed by atoms with Gasteiger partial charge in [-0.1, -0.05) is 30.3 Å². The summed E-state index contributed by atoms with van der Waals surface area (Å²) in [7, 11) is -4.39. The average Bonchev–Trinajstić information content (AvgIpc) is 3.33. The summed E-state index contributed by atoms with van der Waals surface area (Å²) in [5.74, 6) is 0.183. The van der Waals surface area contributed by atoms with E-state index >= 15 is 0 Å². The third-order valence-corrected chi connectivity index (χ3v) is 5.50. The Morgan fingerprint density at radius 2 is 1.97 bits per heavy atom. The van der Waals surface area contributed by atoms with E-state index in [-0.39, 0.29) is 18.1 Å². The van der Waals surface area contributed by atoms with Gasteiger partial charge in [0.2, 0.25) is 5.82 Å². The second-order valence-corrected chi connectivity index (χ2v) is 8.97. The number of hydrogen-bond donors (Lipinski definition) is 5. The molecule has 2 aromatic heterocycles. The minimum absolute atomic E-state index is 0.130. The van der Waals surface area contributed by atoms with E-state index in [1.54, 1.807) is 0 Å². The third kappa shape index (κ3) is 5.18. The van der Waals surface area contributed by atoms with Gasteiger partial charge in [-0.15, -0.1) is 0 Å². The molecule has 4 rings (SSSR count). The Balaban J connectivity index is 1.58. The van der Waals surface area contributed by atoms with Gasteiger partial charge < -0.3 is 34.8 Å². The molecule has 1 saturated heterocycles. The molecule has 3 heterocycles. The lowest BCUT2D eigenvalue weighted by atomic mass is 10.1. The highest BCUT2D eigenvalue weighted by Crippen LogP contribution is 2.36. The Kier molecular flexibility index (Phi) is 6.68. The number of nitrogens with zero attached hydrogens (tertiary/aromatic N) is 5. The van der Waals surface area contributed by atoms with Crippen molar-refractivity contribution in [3.8, 4) is 6.07 Å². The Morgan fingerprint density at radius 3 is 2.67 bits per heavy atom. The lowest BCUT2D eigenvalue weighted by Crippen LogP contribution is -2.33. The van der Waals surface area contributed by atoms with Crippen molar-refractivity contribution in [2.45, 2.75) is 31.1 Å². The van der Waals surface area contributed by atoms with Gasteiger partial charge in [-0.25, -0.2) is 4.98 Å². The zero-order valence-electron chi connectivity index (χ0n) is 17.1. The second kappa shape index (κ2) is 9.50. The number of aliphatic hydroxyl groups excluding tert-OH is 2. The fraction of sp³-hybridized carbons (Fsp3) is 0.368. The number of imidazole rings is 1. The Hall–Kier alpha value is -2.95. The van der Waals surface area contributed by atoms with Crippen molar-refractivity contribution in [2.75, 3.05) is 18.3 Å². The quantitative estimate of drug-likeness (QED) is 0.275. The van der Waals surface area contributed by atoms with Crippen molar-refractivity contribution in [3.63, 3.8) is 0 Å². The highest BCUT2D eigenvalue weighted by atomic mass is 31.2. The van der Waals surface area contributed by atoms with Gasteiger partial charge in [0, 0.05) is 6.54 Å². The van der Waals surface area contributed by atoms with Crippen LogP contribution in [0.3, 0.4) is 0 Å². The maximum absolute atomic E-state index is 10.9. The van der Waals surface area contributed by atoms with E-state index in [4.69, 9.17) is 19.3 Å². The summed E-state index contributed by atoms with van der Waals surface area (Å²) in [4.78, 5) is 30.4. The smallest absolute Gasteiger partial charge is 0.350 e. The first-order valence-electron chi connectivity index (χ1n) is 9.83. The molecule has 4 atom stereocenters. The standard InChI is InChI=1S/C19H21N6O7P/c20-6-13-23-17(21-7-11-4-2-1-3-5-11)14-18(24-13)25(9-22-14)19-16(27)15(26)12(32-19)8-31-10-33(28,29)30/h1-5,9,12,15-16,19,26-27H,7-8,10H2,(H,21,23,24)(H2,28,29,30)/t12-,15-,16-,19-/m1/s1. The number of fused-ring (bicyclic) bond motifs is 1. The molecule has 13 nitrogen and oxygen atoms in total. The van der Waals surface area contributed by atoms with Crippen LogP contribution >= 0.6 is 7.60 Å². The molecule has 0 saturated carbocycles. The minimum atomic E-state index is -4.39. The zero-order valence-corrected chi connectivity index (χ0v) is 18.0. The van der Waals surface area contributed by atoms with Crippen molar-refractivity contribution in [1.82, 2.24) is 19.5 Å². The Labute approximate surface area is 187 Å². The zero-order chi connectivity index (χ0) is 23.6. The molecule has 1 aliphatic rings. The number of nitriles is 1. The molecule has 174 valence electrons. The SMILES string of the molecule is N#Cc1nc(NCc2ccccc2)c2ncn([C@@H]3O[C@H](COCP(=O)(O)O)[C@@H](O)[C@H]3O)c2n1. The molecule has 1 aromatic carbocycles. The Morgan fingerprint density at radius 1 is 1.21 bits per heavy atom. The molecule has 0 bridgehead atoms. The maximum Gasteiger partial charge on any atom is 0.350 e. The number of ether oxygens (including phenoxy) is 2. The fourth-order valence-electron chi connectivity index (χ4n) is 3.44. The van der Waals surface area contributed by atoms with Crippen LogP contribution in [-0.4, -0.2) is 70.8 Å². The normalized spacial score (nSPS) is 23.0. The van der Waals surface area contributed by atoms with E-state index < -0.39 is 38.5 Å². The number of rotatable bonds is 8. The summed E-state index contributed by atoms with van der Waals surface area (Å²) < 4.78 is 22.9. The van der Waals surface area contributed by atoms with Crippen LogP contribution in [0.15, 0.2) is 36.7 Å². The van der Waals surface area contributed by atoms with E-state index in [1.165, 1.54) is 10.9 Å². The molecule has 33 heavy (non-hydrogen) atoms. The largest absolute Gasteiger partial charge is 0.387 e. The van der Waals surface area contributed by atoms with E-state index in [2.05, 4.69) is 20.3 Å². The number of aromatic nitrogens is 4. The molecule has 0 unspecified atom stereocenters. The summed E-state index contributed by atoms with van der Waals surface area (Å²) >= 11 is 0. The fourth-order valence-corrected chi connectivity index (χ4v) is 3.79. The monoisotopic (exact) mass is 476 g/mol. The van der Waals surface area contributed by atoms with Gasteiger partial charge in [0.15, 0.2) is 23.2 Å². The summed E-state index contributed by atoms with van der Waals surface area (Å²) in [6.45, 7) is 0.0692. The van der Waals surface area contributed by atoms with Gasteiger partial charge in [-0.05, 0) is 5.56 Å². The van der Waals surface area contributed by atoms with E-state index in [9.17, 15) is 20.0 Å². The first-order chi connectivity index (χ1) is 15.8. The molecule has 1 aliphatic heterocycles. The van der Waals surface area contributed by atoms with Crippen LogP contribution in [0.1, 0.15) is 17.6 Å². The van der Waals surface area contributed by atoms with Gasteiger partial charge in [-0.3, -0.25) is 9.13 Å². The predicted octanol–water partition coefficient (Wildman–Crippen LogP) is 0.0811. The van der Waals surface area contributed by atoms with Crippen molar-refractivity contribution >= 4 is 24.6 Å². The van der Waals surface area contributed by atoms with Gasteiger partial charge >= 0.3 is 7.60 Å². The van der Waals surface area contributed by atoms with Gasteiger partial charge in [0.05, 0.1) is 12.9 Å². The summed E-state index contributed by atoms with van der Waals surface area (Å²) in [5.41, 5.74) is 1.51. The topological polar surface area (TPSA) is 196 Å².